The van der Waals surface area contributed by atoms with Gasteiger partial charge in [-0.3, -0.25) is 9.78 Å². The van der Waals surface area contributed by atoms with Gasteiger partial charge < -0.3 is 5.32 Å². The summed E-state index contributed by atoms with van der Waals surface area (Å²) in [6.45, 7) is 1.46. The Bertz CT molecular complexity index is 497. The molecule has 1 N–H and O–H groups in total. The number of aromatic nitrogens is 2. The van der Waals surface area contributed by atoms with Gasteiger partial charge in [0, 0.05) is 24.9 Å². The summed E-state index contributed by atoms with van der Waals surface area (Å²) in [6.07, 6.45) is 3.42. The van der Waals surface area contributed by atoms with E-state index >= 15 is 0 Å². The van der Waals surface area contributed by atoms with Crippen molar-refractivity contribution in [3.63, 3.8) is 0 Å². The highest BCUT2D eigenvalue weighted by Crippen LogP contribution is 2.17. The van der Waals surface area contributed by atoms with E-state index in [0.29, 0.717) is 5.82 Å². The molecule has 2 aromatic heterocycles. The summed E-state index contributed by atoms with van der Waals surface area (Å²) in [5.74, 6) is 0.432. The standard InChI is InChI=1S/C12H11N3O/c1-9(16)14-12-4-2-3-11(15-12)10-5-7-13-8-6-10/h2-8H,1H3,(H,14,15,16). The number of rotatable bonds is 2. The highest BCUT2D eigenvalue weighted by atomic mass is 16.1. The van der Waals surface area contributed by atoms with Gasteiger partial charge in [-0.1, -0.05) is 6.07 Å². The molecule has 4 nitrogen and oxygen atoms in total. The topological polar surface area (TPSA) is 54.9 Å². The number of hydrogen-bond acceptors (Lipinski definition) is 3. The molecule has 0 radical (unpaired) electrons. The van der Waals surface area contributed by atoms with Crippen LogP contribution in [-0.2, 0) is 4.79 Å². The molecular formula is C12H11N3O. The second-order valence-corrected chi connectivity index (χ2v) is 3.33. The van der Waals surface area contributed by atoms with E-state index in [4.69, 9.17) is 0 Å². The van der Waals surface area contributed by atoms with Crippen molar-refractivity contribution in [2.24, 2.45) is 0 Å². The smallest absolute Gasteiger partial charge is 0.222 e. The molecule has 0 saturated heterocycles. The predicted molar refractivity (Wildman–Crippen MR) is 61.8 cm³/mol. The number of nitrogens with zero attached hydrogens (tertiary/aromatic N) is 2. The van der Waals surface area contributed by atoms with Crippen molar-refractivity contribution in [3.05, 3.63) is 42.7 Å². The minimum atomic E-state index is -0.126. The molecule has 2 aromatic rings. The second kappa shape index (κ2) is 4.53. The number of pyridine rings is 2. The van der Waals surface area contributed by atoms with Gasteiger partial charge in [0.15, 0.2) is 0 Å². The first kappa shape index (κ1) is 10.3. The number of carbonyl (C=O) groups is 1. The van der Waals surface area contributed by atoms with Crippen LogP contribution in [-0.4, -0.2) is 15.9 Å². The van der Waals surface area contributed by atoms with Crippen LogP contribution in [0.5, 0.6) is 0 Å². The van der Waals surface area contributed by atoms with E-state index in [9.17, 15) is 4.79 Å². The molecule has 1 amide bonds. The molecule has 0 aromatic carbocycles. The lowest BCUT2D eigenvalue weighted by atomic mass is 10.2. The van der Waals surface area contributed by atoms with E-state index in [1.807, 2.05) is 24.3 Å². The third kappa shape index (κ3) is 2.42. The molecule has 2 rings (SSSR count). The lowest BCUT2D eigenvalue weighted by Gasteiger charge is -2.04. The summed E-state index contributed by atoms with van der Waals surface area (Å²) in [5.41, 5.74) is 1.79. The van der Waals surface area contributed by atoms with Crippen molar-refractivity contribution in [2.75, 3.05) is 5.32 Å². The first-order chi connectivity index (χ1) is 7.75. The Morgan fingerprint density at radius 1 is 1.19 bits per heavy atom. The predicted octanol–water partition coefficient (Wildman–Crippen LogP) is 2.10. The number of nitrogens with one attached hydrogen (secondary N) is 1. The summed E-state index contributed by atoms with van der Waals surface area (Å²) in [6, 6.07) is 9.25. The third-order valence-electron chi connectivity index (χ3n) is 2.03. The highest BCUT2D eigenvalue weighted by Gasteiger charge is 2.01. The van der Waals surface area contributed by atoms with Crippen LogP contribution in [0.15, 0.2) is 42.7 Å². The number of hydrogen-bond donors (Lipinski definition) is 1. The first-order valence-corrected chi connectivity index (χ1v) is 4.91. The van der Waals surface area contributed by atoms with E-state index in [1.54, 1.807) is 18.5 Å². The Morgan fingerprint density at radius 3 is 2.62 bits per heavy atom. The molecule has 16 heavy (non-hydrogen) atoms. The molecule has 0 aliphatic heterocycles. The lowest BCUT2D eigenvalue weighted by Crippen LogP contribution is -2.07. The van der Waals surface area contributed by atoms with Crippen molar-refractivity contribution < 1.29 is 4.79 Å². The maximum absolute atomic E-state index is 10.9. The Hall–Kier alpha value is -2.23. The van der Waals surface area contributed by atoms with E-state index < -0.39 is 0 Å². The summed E-state index contributed by atoms with van der Waals surface area (Å²) in [5, 5.41) is 2.65. The molecule has 2 heterocycles. The van der Waals surface area contributed by atoms with Crippen LogP contribution in [0.4, 0.5) is 5.82 Å². The van der Waals surface area contributed by atoms with Gasteiger partial charge >= 0.3 is 0 Å². The Morgan fingerprint density at radius 2 is 1.94 bits per heavy atom. The summed E-state index contributed by atoms with van der Waals surface area (Å²) in [4.78, 5) is 19.2. The average Bonchev–Trinajstić information content (AvgIpc) is 2.30. The Balaban J connectivity index is 2.33. The van der Waals surface area contributed by atoms with Gasteiger partial charge in [-0.15, -0.1) is 0 Å². The number of amides is 1. The SMILES string of the molecule is CC(=O)Nc1cccc(-c2ccncc2)n1. The zero-order valence-corrected chi connectivity index (χ0v) is 8.84. The molecule has 0 fully saturated rings. The van der Waals surface area contributed by atoms with Crippen LogP contribution in [0.3, 0.4) is 0 Å². The molecule has 0 saturated carbocycles. The summed E-state index contributed by atoms with van der Waals surface area (Å²) >= 11 is 0. The van der Waals surface area contributed by atoms with Crippen LogP contribution in [0, 0.1) is 0 Å². The average molecular weight is 213 g/mol. The van der Waals surface area contributed by atoms with Gasteiger partial charge in [0.25, 0.3) is 0 Å². The van der Waals surface area contributed by atoms with E-state index in [0.717, 1.165) is 11.3 Å². The van der Waals surface area contributed by atoms with Crippen LogP contribution in [0.25, 0.3) is 11.3 Å². The minimum absolute atomic E-state index is 0.126. The number of carbonyl (C=O) groups excluding carboxylic acids is 1. The van der Waals surface area contributed by atoms with E-state index in [2.05, 4.69) is 15.3 Å². The van der Waals surface area contributed by atoms with E-state index in [-0.39, 0.29) is 5.91 Å². The quantitative estimate of drug-likeness (QED) is 0.831. The van der Waals surface area contributed by atoms with Gasteiger partial charge in [0.2, 0.25) is 5.91 Å². The maximum Gasteiger partial charge on any atom is 0.222 e. The molecule has 80 valence electrons. The monoisotopic (exact) mass is 213 g/mol. The van der Waals surface area contributed by atoms with Crippen molar-refractivity contribution in [1.82, 2.24) is 9.97 Å². The maximum atomic E-state index is 10.9. The second-order valence-electron chi connectivity index (χ2n) is 3.33. The van der Waals surface area contributed by atoms with Gasteiger partial charge in [0.1, 0.15) is 5.82 Å². The van der Waals surface area contributed by atoms with Crippen molar-refractivity contribution >= 4 is 11.7 Å². The zero-order valence-electron chi connectivity index (χ0n) is 8.84. The lowest BCUT2D eigenvalue weighted by molar-refractivity contribution is -0.114. The molecule has 0 atom stereocenters. The van der Waals surface area contributed by atoms with Gasteiger partial charge in [-0.2, -0.15) is 0 Å². The molecule has 0 unspecified atom stereocenters. The summed E-state index contributed by atoms with van der Waals surface area (Å²) < 4.78 is 0. The highest BCUT2D eigenvalue weighted by molar-refractivity contribution is 5.87. The Labute approximate surface area is 93.4 Å². The molecular weight excluding hydrogens is 202 g/mol. The van der Waals surface area contributed by atoms with Gasteiger partial charge in [0.05, 0.1) is 5.69 Å². The molecule has 0 aliphatic carbocycles. The normalized spacial score (nSPS) is 9.81. The molecule has 0 bridgehead atoms. The molecule has 0 aliphatic rings. The van der Waals surface area contributed by atoms with E-state index in [1.165, 1.54) is 6.92 Å². The van der Waals surface area contributed by atoms with Crippen molar-refractivity contribution in [3.8, 4) is 11.3 Å². The van der Waals surface area contributed by atoms with Gasteiger partial charge in [-0.05, 0) is 24.3 Å². The largest absolute Gasteiger partial charge is 0.311 e. The third-order valence-corrected chi connectivity index (χ3v) is 2.03. The van der Waals surface area contributed by atoms with Crippen LogP contribution in [0.1, 0.15) is 6.92 Å². The zero-order chi connectivity index (χ0) is 11.4. The number of anilines is 1. The van der Waals surface area contributed by atoms with Crippen LogP contribution < -0.4 is 5.32 Å². The molecule has 4 heteroatoms. The first-order valence-electron chi connectivity index (χ1n) is 4.91. The van der Waals surface area contributed by atoms with Crippen LogP contribution >= 0.6 is 0 Å². The van der Waals surface area contributed by atoms with Crippen molar-refractivity contribution in [2.45, 2.75) is 6.92 Å². The Kier molecular flexibility index (Phi) is 2.91. The fourth-order valence-electron chi connectivity index (χ4n) is 1.37. The fourth-order valence-corrected chi connectivity index (χ4v) is 1.37. The fraction of sp³-hybridized carbons (Fsp3) is 0.0833. The molecule has 0 spiro atoms. The van der Waals surface area contributed by atoms with Crippen LogP contribution in [0.2, 0.25) is 0 Å². The summed E-state index contributed by atoms with van der Waals surface area (Å²) in [7, 11) is 0. The minimum Gasteiger partial charge on any atom is -0.311 e. The van der Waals surface area contributed by atoms with Crippen molar-refractivity contribution in [1.29, 1.82) is 0 Å². The van der Waals surface area contributed by atoms with Gasteiger partial charge in [-0.25, -0.2) is 4.98 Å².